The van der Waals surface area contributed by atoms with Crippen LogP contribution in [-0.4, -0.2) is 12.6 Å². The molecule has 0 saturated carbocycles. The van der Waals surface area contributed by atoms with E-state index in [0.29, 0.717) is 6.04 Å². The number of hydrogen-bond acceptors (Lipinski definition) is 1. The lowest BCUT2D eigenvalue weighted by molar-refractivity contribution is 0.449. The van der Waals surface area contributed by atoms with Crippen LogP contribution in [0.4, 0.5) is 0 Å². The van der Waals surface area contributed by atoms with Crippen LogP contribution >= 0.6 is 0 Å². The van der Waals surface area contributed by atoms with Crippen molar-refractivity contribution in [1.29, 1.82) is 0 Å². The summed E-state index contributed by atoms with van der Waals surface area (Å²) >= 11 is 0. The Morgan fingerprint density at radius 3 is 2.06 bits per heavy atom. The maximum absolute atomic E-state index is 3.65. The lowest BCUT2D eigenvalue weighted by atomic mass is 10.0. The minimum atomic E-state index is 0.712. The fraction of sp³-hybridized carbons (Fsp3) is 1.00. The van der Waals surface area contributed by atoms with Crippen molar-refractivity contribution in [1.82, 2.24) is 5.32 Å². The van der Waals surface area contributed by atoms with E-state index in [9.17, 15) is 0 Å². The molecular weight excluding hydrogens is 206 g/mol. The van der Waals surface area contributed by atoms with E-state index < -0.39 is 0 Å². The molecule has 0 spiro atoms. The van der Waals surface area contributed by atoms with Gasteiger partial charge in [-0.05, 0) is 32.2 Å². The zero-order chi connectivity index (χ0) is 12.9. The fourth-order valence-corrected chi connectivity index (χ4v) is 2.19. The van der Waals surface area contributed by atoms with Crippen molar-refractivity contribution in [3.8, 4) is 0 Å². The van der Waals surface area contributed by atoms with Crippen molar-refractivity contribution in [2.24, 2.45) is 5.92 Å². The maximum Gasteiger partial charge on any atom is 0.00387 e. The van der Waals surface area contributed by atoms with Crippen LogP contribution < -0.4 is 5.32 Å². The van der Waals surface area contributed by atoms with Gasteiger partial charge in [0.15, 0.2) is 0 Å². The van der Waals surface area contributed by atoms with Crippen molar-refractivity contribution in [3.05, 3.63) is 0 Å². The van der Waals surface area contributed by atoms with E-state index in [-0.39, 0.29) is 0 Å². The topological polar surface area (TPSA) is 12.0 Å². The smallest absolute Gasteiger partial charge is 0.00387 e. The molecule has 0 aromatic heterocycles. The van der Waals surface area contributed by atoms with Gasteiger partial charge in [-0.25, -0.2) is 0 Å². The fourth-order valence-electron chi connectivity index (χ4n) is 2.19. The number of nitrogens with one attached hydrogen (secondary N) is 1. The predicted molar refractivity (Wildman–Crippen MR) is 79.5 cm³/mol. The largest absolute Gasteiger partial charge is 0.314 e. The molecule has 0 aliphatic heterocycles. The van der Waals surface area contributed by atoms with Gasteiger partial charge >= 0.3 is 0 Å². The molecule has 0 amide bonds. The Hall–Kier alpha value is -0.0400. The first-order chi connectivity index (χ1) is 8.16. The van der Waals surface area contributed by atoms with Crippen molar-refractivity contribution in [3.63, 3.8) is 0 Å². The van der Waals surface area contributed by atoms with Gasteiger partial charge < -0.3 is 5.32 Å². The summed E-state index contributed by atoms with van der Waals surface area (Å²) in [6.07, 6.45) is 12.5. The summed E-state index contributed by atoms with van der Waals surface area (Å²) in [5, 5.41) is 3.65. The van der Waals surface area contributed by atoms with Gasteiger partial charge in [-0.3, -0.25) is 0 Å². The highest BCUT2D eigenvalue weighted by Gasteiger charge is 2.01. The summed E-state index contributed by atoms with van der Waals surface area (Å²) < 4.78 is 0. The molecule has 0 heterocycles. The molecule has 1 heteroatoms. The minimum Gasteiger partial charge on any atom is -0.314 e. The molecular formula is C16H35N. The number of unbranched alkanes of at least 4 members (excludes halogenated alkanes) is 5. The third kappa shape index (κ3) is 13.9. The summed E-state index contributed by atoms with van der Waals surface area (Å²) in [6, 6.07) is 0.712. The van der Waals surface area contributed by atoms with E-state index in [1.165, 1.54) is 64.3 Å². The maximum atomic E-state index is 3.65. The van der Waals surface area contributed by atoms with Crippen molar-refractivity contribution < 1.29 is 0 Å². The van der Waals surface area contributed by atoms with Crippen LogP contribution in [0.3, 0.4) is 0 Å². The van der Waals surface area contributed by atoms with Crippen LogP contribution in [0.25, 0.3) is 0 Å². The quantitative estimate of drug-likeness (QED) is 0.466. The van der Waals surface area contributed by atoms with Crippen LogP contribution in [0.2, 0.25) is 0 Å². The van der Waals surface area contributed by atoms with Gasteiger partial charge in [-0.2, -0.15) is 0 Å². The zero-order valence-corrected chi connectivity index (χ0v) is 12.7. The molecule has 0 aliphatic carbocycles. The second-order valence-electron chi connectivity index (χ2n) is 5.95. The minimum absolute atomic E-state index is 0.712. The van der Waals surface area contributed by atoms with Gasteiger partial charge in [0.1, 0.15) is 0 Å². The Bertz CT molecular complexity index is 142. The Kier molecular flexibility index (Phi) is 12.4. The molecule has 0 radical (unpaired) electrons. The average molecular weight is 241 g/mol. The second-order valence-corrected chi connectivity index (χ2v) is 5.95. The summed E-state index contributed by atoms with van der Waals surface area (Å²) in [7, 11) is 0. The van der Waals surface area contributed by atoms with Crippen molar-refractivity contribution in [2.45, 2.75) is 91.5 Å². The molecule has 0 aliphatic rings. The van der Waals surface area contributed by atoms with E-state index in [1.54, 1.807) is 0 Å². The molecule has 1 unspecified atom stereocenters. The van der Waals surface area contributed by atoms with Crippen molar-refractivity contribution >= 4 is 0 Å². The molecule has 0 bridgehead atoms. The first-order valence-corrected chi connectivity index (χ1v) is 7.90. The molecule has 17 heavy (non-hydrogen) atoms. The number of rotatable bonds is 12. The van der Waals surface area contributed by atoms with E-state index in [4.69, 9.17) is 0 Å². The zero-order valence-electron chi connectivity index (χ0n) is 12.7. The Morgan fingerprint density at radius 2 is 1.41 bits per heavy atom. The molecule has 0 aromatic carbocycles. The first-order valence-electron chi connectivity index (χ1n) is 7.90. The van der Waals surface area contributed by atoms with Gasteiger partial charge in [-0.1, -0.05) is 65.7 Å². The van der Waals surface area contributed by atoms with E-state index in [0.717, 1.165) is 5.92 Å². The molecule has 0 saturated heterocycles. The molecule has 1 nitrogen and oxygen atoms in total. The molecule has 0 rings (SSSR count). The van der Waals surface area contributed by atoms with E-state index >= 15 is 0 Å². The summed E-state index contributed by atoms with van der Waals surface area (Å²) in [4.78, 5) is 0. The van der Waals surface area contributed by atoms with Crippen LogP contribution in [0, 0.1) is 5.92 Å². The Balaban J connectivity index is 3.13. The van der Waals surface area contributed by atoms with Gasteiger partial charge in [0.25, 0.3) is 0 Å². The van der Waals surface area contributed by atoms with Crippen LogP contribution in [0.1, 0.15) is 85.5 Å². The van der Waals surface area contributed by atoms with Gasteiger partial charge in [0.05, 0.1) is 0 Å². The van der Waals surface area contributed by atoms with Crippen molar-refractivity contribution in [2.75, 3.05) is 6.54 Å². The predicted octanol–water partition coefficient (Wildman–Crippen LogP) is 5.15. The Morgan fingerprint density at radius 1 is 0.765 bits per heavy atom. The lowest BCUT2D eigenvalue weighted by Crippen LogP contribution is -2.26. The monoisotopic (exact) mass is 241 g/mol. The highest BCUT2D eigenvalue weighted by molar-refractivity contribution is 4.61. The molecule has 104 valence electrons. The Labute approximate surface area is 110 Å². The van der Waals surface area contributed by atoms with Crippen LogP contribution in [0.5, 0.6) is 0 Å². The van der Waals surface area contributed by atoms with Crippen LogP contribution in [-0.2, 0) is 0 Å². The lowest BCUT2D eigenvalue weighted by Gasteiger charge is -2.14. The van der Waals surface area contributed by atoms with E-state index in [2.05, 4.69) is 33.0 Å². The third-order valence-electron chi connectivity index (χ3n) is 3.44. The standard InChI is InChI=1S/C16H35N/c1-5-6-7-8-9-10-14-17-16(4)13-11-12-15(2)3/h15-17H,5-14H2,1-4H3. The van der Waals surface area contributed by atoms with Gasteiger partial charge in [-0.15, -0.1) is 0 Å². The molecule has 1 N–H and O–H groups in total. The number of hydrogen-bond donors (Lipinski definition) is 1. The summed E-state index contributed by atoms with van der Waals surface area (Å²) in [5.41, 5.74) is 0. The van der Waals surface area contributed by atoms with Gasteiger partial charge in [0, 0.05) is 6.04 Å². The SMILES string of the molecule is CCCCCCCCNC(C)CCCC(C)C. The highest BCUT2D eigenvalue weighted by Crippen LogP contribution is 2.08. The van der Waals surface area contributed by atoms with Gasteiger partial charge in [0.2, 0.25) is 0 Å². The normalized spacial score (nSPS) is 13.2. The van der Waals surface area contributed by atoms with Crippen LogP contribution in [0.15, 0.2) is 0 Å². The summed E-state index contributed by atoms with van der Waals surface area (Å²) in [6.45, 7) is 10.5. The molecule has 0 aromatic rings. The van der Waals surface area contributed by atoms with E-state index in [1.807, 2.05) is 0 Å². The highest BCUT2D eigenvalue weighted by atomic mass is 14.9. The molecule has 1 atom stereocenters. The summed E-state index contributed by atoms with van der Waals surface area (Å²) in [5.74, 6) is 0.862. The molecule has 0 fully saturated rings. The second kappa shape index (κ2) is 12.4. The average Bonchev–Trinajstić information content (AvgIpc) is 2.27. The third-order valence-corrected chi connectivity index (χ3v) is 3.44. The first kappa shape index (κ1) is 17.0.